The Morgan fingerprint density at radius 1 is 1.00 bits per heavy atom. The molecule has 0 N–H and O–H groups in total. The van der Waals surface area contributed by atoms with E-state index in [0.29, 0.717) is 10.9 Å². The Morgan fingerprint density at radius 2 is 1.72 bits per heavy atom. The average molecular weight is 245 g/mol. The van der Waals surface area contributed by atoms with E-state index in [9.17, 15) is 8.78 Å². The number of benzene rings is 2. The first-order valence-electron chi connectivity index (χ1n) is 5.97. The third-order valence-corrected chi connectivity index (χ3v) is 3.24. The number of aromatic nitrogens is 1. The number of para-hydroxylation sites is 1. The molecule has 0 saturated heterocycles. The fourth-order valence-electron chi connectivity index (χ4n) is 2.60. The molecule has 2 aromatic carbocycles. The second-order valence-electron chi connectivity index (χ2n) is 4.76. The van der Waals surface area contributed by atoms with Crippen molar-refractivity contribution >= 4 is 21.8 Å². The highest BCUT2D eigenvalue weighted by Crippen LogP contribution is 2.33. The molecular formula is C15H13F2N. The Hall–Kier alpha value is -1.90. The fourth-order valence-corrected chi connectivity index (χ4v) is 2.60. The van der Waals surface area contributed by atoms with Gasteiger partial charge >= 0.3 is 0 Å². The third kappa shape index (κ3) is 1.43. The van der Waals surface area contributed by atoms with Crippen LogP contribution in [0.4, 0.5) is 8.78 Å². The second kappa shape index (κ2) is 3.80. The Morgan fingerprint density at radius 3 is 2.44 bits per heavy atom. The van der Waals surface area contributed by atoms with Crippen molar-refractivity contribution in [3.8, 4) is 0 Å². The number of hydrogen-bond donors (Lipinski definition) is 0. The Bertz CT molecular complexity index is 741. The van der Waals surface area contributed by atoms with Crippen molar-refractivity contribution in [2.24, 2.45) is 0 Å². The minimum atomic E-state index is -0.537. The molecule has 0 radical (unpaired) electrons. The van der Waals surface area contributed by atoms with E-state index < -0.39 is 11.6 Å². The van der Waals surface area contributed by atoms with E-state index in [2.05, 4.69) is 0 Å². The summed E-state index contributed by atoms with van der Waals surface area (Å²) in [6.45, 7) is 4.02. The van der Waals surface area contributed by atoms with Crippen LogP contribution in [0.2, 0.25) is 0 Å². The van der Waals surface area contributed by atoms with Gasteiger partial charge in [-0.2, -0.15) is 0 Å². The minimum Gasteiger partial charge on any atom is -0.338 e. The molecule has 0 spiro atoms. The first-order valence-corrected chi connectivity index (χ1v) is 5.97. The molecule has 0 atom stereocenters. The molecule has 0 aliphatic carbocycles. The first-order chi connectivity index (χ1) is 8.59. The molecule has 0 saturated carbocycles. The van der Waals surface area contributed by atoms with E-state index in [-0.39, 0.29) is 6.04 Å². The largest absolute Gasteiger partial charge is 0.338 e. The summed E-state index contributed by atoms with van der Waals surface area (Å²) >= 11 is 0. The summed E-state index contributed by atoms with van der Waals surface area (Å²) in [7, 11) is 0. The van der Waals surface area contributed by atoms with Crippen molar-refractivity contribution in [2.45, 2.75) is 19.9 Å². The van der Waals surface area contributed by atoms with Crippen LogP contribution in [0.15, 0.2) is 36.4 Å². The lowest BCUT2D eigenvalue weighted by atomic mass is 10.1. The van der Waals surface area contributed by atoms with Crippen LogP contribution in [0.5, 0.6) is 0 Å². The SMILES string of the molecule is CC(C)n1c2ccccc2c2c(F)cc(F)cc21. The maximum Gasteiger partial charge on any atom is 0.136 e. The molecule has 1 heterocycles. The highest BCUT2D eigenvalue weighted by Gasteiger charge is 2.16. The molecule has 0 fully saturated rings. The summed E-state index contributed by atoms with van der Waals surface area (Å²) in [6, 6.07) is 10.1. The number of rotatable bonds is 1. The van der Waals surface area contributed by atoms with Gasteiger partial charge in [-0.05, 0) is 26.0 Å². The van der Waals surface area contributed by atoms with Gasteiger partial charge in [-0.15, -0.1) is 0 Å². The normalized spacial score (nSPS) is 11.8. The van der Waals surface area contributed by atoms with Crippen LogP contribution in [0.25, 0.3) is 21.8 Å². The molecule has 0 bridgehead atoms. The first kappa shape index (κ1) is 11.2. The van der Waals surface area contributed by atoms with Gasteiger partial charge in [0.15, 0.2) is 0 Å². The lowest BCUT2D eigenvalue weighted by molar-refractivity contribution is 0.588. The Balaban J connectivity index is 2.62. The fraction of sp³-hybridized carbons (Fsp3) is 0.200. The van der Waals surface area contributed by atoms with E-state index in [1.165, 1.54) is 6.07 Å². The number of fused-ring (bicyclic) bond motifs is 3. The van der Waals surface area contributed by atoms with Crippen molar-refractivity contribution in [1.29, 1.82) is 0 Å². The third-order valence-electron chi connectivity index (χ3n) is 3.24. The van der Waals surface area contributed by atoms with Gasteiger partial charge in [0, 0.05) is 28.4 Å². The number of nitrogens with zero attached hydrogens (tertiary/aromatic N) is 1. The molecule has 0 aliphatic heterocycles. The van der Waals surface area contributed by atoms with Gasteiger partial charge in [-0.3, -0.25) is 0 Å². The van der Waals surface area contributed by atoms with Crippen LogP contribution in [0.1, 0.15) is 19.9 Å². The quantitative estimate of drug-likeness (QED) is 0.588. The lowest BCUT2D eigenvalue weighted by Gasteiger charge is -2.11. The van der Waals surface area contributed by atoms with Crippen molar-refractivity contribution in [2.75, 3.05) is 0 Å². The molecule has 1 nitrogen and oxygen atoms in total. The minimum absolute atomic E-state index is 0.147. The van der Waals surface area contributed by atoms with E-state index in [1.807, 2.05) is 42.7 Å². The summed E-state index contributed by atoms with van der Waals surface area (Å²) in [5.41, 5.74) is 1.55. The summed E-state index contributed by atoms with van der Waals surface area (Å²) in [4.78, 5) is 0. The molecular weight excluding hydrogens is 232 g/mol. The van der Waals surface area contributed by atoms with Crippen molar-refractivity contribution in [3.05, 3.63) is 48.0 Å². The standard InChI is InChI=1S/C15H13F2N/c1-9(2)18-13-6-4-3-5-11(13)15-12(17)7-10(16)8-14(15)18/h3-9H,1-2H3. The highest BCUT2D eigenvalue weighted by molar-refractivity contribution is 6.08. The summed E-state index contributed by atoms with van der Waals surface area (Å²) in [5.74, 6) is -1.04. The van der Waals surface area contributed by atoms with Crippen LogP contribution in [0, 0.1) is 11.6 Å². The zero-order valence-corrected chi connectivity index (χ0v) is 10.2. The lowest BCUT2D eigenvalue weighted by Crippen LogP contribution is -2.00. The topological polar surface area (TPSA) is 4.93 Å². The summed E-state index contributed by atoms with van der Waals surface area (Å²) < 4.78 is 29.4. The van der Waals surface area contributed by atoms with Gasteiger partial charge < -0.3 is 4.57 Å². The van der Waals surface area contributed by atoms with Crippen molar-refractivity contribution < 1.29 is 8.78 Å². The van der Waals surface area contributed by atoms with Crippen LogP contribution in [-0.2, 0) is 0 Å². The molecule has 3 heteroatoms. The molecule has 0 unspecified atom stereocenters. The maximum absolute atomic E-state index is 14.0. The molecule has 92 valence electrons. The zero-order chi connectivity index (χ0) is 12.9. The predicted molar refractivity (Wildman–Crippen MR) is 69.7 cm³/mol. The van der Waals surface area contributed by atoms with Crippen LogP contribution >= 0.6 is 0 Å². The average Bonchev–Trinajstić information content (AvgIpc) is 2.62. The molecule has 3 aromatic rings. The van der Waals surface area contributed by atoms with Gasteiger partial charge in [0.1, 0.15) is 11.6 Å². The highest BCUT2D eigenvalue weighted by atomic mass is 19.1. The number of halogens is 2. The van der Waals surface area contributed by atoms with E-state index >= 15 is 0 Å². The van der Waals surface area contributed by atoms with Crippen LogP contribution in [-0.4, -0.2) is 4.57 Å². The summed E-state index contributed by atoms with van der Waals surface area (Å²) in [5, 5.41) is 1.33. The monoisotopic (exact) mass is 245 g/mol. The van der Waals surface area contributed by atoms with E-state index in [0.717, 1.165) is 17.0 Å². The smallest absolute Gasteiger partial charge is 0.136 e. The molecule has 0 aliphatic rings. The van der Waals surface area contributed by atoms with Gasteiger partial charge in [0.2, 0.25) is 0 Å². The van der Waals surface area contributed by atoms with Gasteiger partial charge in [-0.25, -0.2) is 8.78 Å². The second-order valence-corrected chi connectivity index (χ2v) is 4.76. The number of hydrogen-bond acceptors (Lipinski definition) is 0. The van der Waals surface area contributed by atoms with Crippen LogP contribution in [0.3, 0.4) is 0 Å². The van der Waals surface area contributed by atoms with E-state index in [4.69, 9.17) is 0 Å². The van der Waals surface area contributed by atoms with Crippen molar-refractivity contribution in [3.63, 3.8) is 0 Å². The van der Waals surface area contributed by atoms with Gasteiger partial charge in [0.25, 0.3) is 0 Å². The molecule has 3 rings (SSSR count). The molecule has 18 heavy (non-hydrogen) atoms. The summed E-state index contributed by atoms with van der Waals surface area (Å²) in [6.07, 6.45) is 0. The zero-order valence-electron chi connectivity index (χ0n) is 10.2. The predicted octanol–water partition coefficient (Wildman–Crippen LogP) is 4.65. The molecule has 0 amide bonds. The van der Waals surface area contributed by atoms with Gasteiger partial charge in [-0.1, -0.05) is 18.2 Å². The molecule has 1 aromatic heterocycles. The Kier molecular flexibility index (Phi) is 2.37. The van der Waals surface area contributed by atoms with Crippen LogP contribution < -0.4 is 0 Å². The van der Waals surface area contributed by atoms with Gasteiger partial charge in [0.05, 0.1) is 5.52 Å². The maximum atomic E-state index is 14.0. The van der Waals surface area contributed by atoms with Crippen molar-refractivity contribution in [1.82, 2.24) is 4.57 Å². The van der Waals surface area contributed by atoms with E-state index in [1.54, 1.807) is 0 Å². The Labute approximate surface area is 104 Å².